The number of anilines is 1. The largest absolute Gasteiger partial charge is 0.388 e. The molecule has 0 saturated heterocycles. The minimum Gasteiger partial charge on any atom is -0.388 e. The molecule has 0 aliphatic rings. The summed E-state index contributed by atoms with van der Waals surface area (Å²) in [5.41, 5.74) is 3.85. The molecule has 1 atom stereocenters. The van der Waals surface area contributed by atoms with Crippen LogP contribution in [0.1, 0.15) is 34.5 Å². The van der Waals surface area contributed by atoms with Gasteiger partial charge in [0, 0.05) is 18.3 Å². The topological polar surface area (TPSA) is 41.1 Å². The van der Waals surface area contributed by atoms with Gasteiger partial charge in [0.1, 0.15) is 0 Å². The third-order valence-corrected chi connectivity index (χ3v) is 3.85. The van der Waals surface area contributed by atoms with E-state index in [2.05, 4.69) is 16.0 Å². The van der Waals surface area contributed by atoms with Crippen molar-refractivity contribution in [2.75, 3.05) is 12.4 Å². The van der Waals surface area contributed by atoms with Gasteiger partial charge in [0.2, 0.25) is 0 Å². The zero-order chi connectivity index (χ0) is 13.8. The van der Waals surface area contributed by atoms with Crippen molar-refractivity contribution < 1.29 is 4.79 Å². The summed E-state index contributed by atoms with van der Waals surface area (Å²) in [6, 6.07) is 7.81. The average Bonchev–Trinajstić information content (AvgIpc) is 2.92. The van der Waals surface area contributed by atoms with Crippen molar-refractivity contribution in [3.63, 3.8) is 0 Å². The number of carbonyl (C=O) groups excluding carboxylic acids is 1. The molecule has 1 unspecified atom stereocenters. The molecule has 19 heavy (non-hydrogen) atoms. The van der Waals surface area contributed by atoms with Crippen LogP contribution in [0.5, 0.6) is 0 Å². The Balaban J connectivity index is 2.12. The van der Waals surface area contributed by atoms with Crippen molar-refractivity contribution in [2.45, 2.75) is 19.9 Å². The van der Waals surface area contributed by atoms with Crippen molar-refractivity contribution in [3.8, 4) is 0 Å². The third kappa shape index (κ3) is 3.15. The van der Waals surface area contributed by atoms with Crippen LogP contribution >= 0.6 is 11.3 Å². The lowest BCUT2D eigenvalue weighted by atomic mass is 10.1. The van der Waals surface area contributed by atoms with Gasteiger partial charge in [0.25, 0.3) is 5.91 Å². The Labute approximate surface area is 117 Å². The Morgan fingerprint density at radius 2 is 2.11 bits per heavy atom. The van der Waals surface area contributed by atoms with Gasteiger partial charge < -0.3 is 10.6 Å². The average molecular weight is 274 g/mol. The van der Waals surface area contributed by atoms with Crippen LogP contribution in [0.3, 0.4) is 0 Å². The first-order valence-corrected chi connectivity index (χ1v) is 7.17. The molecule has 0 fully saturated rings. The fourth-order valence-electron chi connectivity index (χ4n) is 1.95. The molecule has 2 aromatic rings. The highest BCUT2D eigenvalue weighted by Gasteiger charge is 2.13. The highest BCUT2D eigenvalue weighted by atomic mass is 32.1. The van der Waals surface area contributed by atoms with Gasteiger partial charge in [-0.25, -0.2) is 0 Å². The van der Waals surface area contributed by atoms with E-state index in [-0.39, 0.29) is 11.9 Å². The van der Waals surface area contributed by atoms with Crippen molar-refractivity contribution in [3.05, 3.63) is 51.7 Å². The Morgan fingerprint density at radius 3 is 2.68 bits per heavy atom. The molecule has 0 spiro atoms. The molecular formula is C15H18N2OS. The van der Waals surface area contributed by atoms with Crippen LogP contribution in [0.4, 0.5) is 5.69 Å². The summed E-state index contributed by atoms with van der Waals surface area (Å²) in [6.45, 7) is 3.95. The predicted octanol–water partition coefficient (Wildman–Crippen LogP) is 3.59. The van der Waals surface area contributed by atoms with Gasteiger partial charge in [0.15, 0.2) is 0 Å². The van der Waals surface area contributed by atoms with E-state index >= 15 is 0 Å². The normalized spacial score (nSPS) is 11.9. The van der Waals surface area contributed by atoms with E-state index in [1.165, 1.54) is 0 Å². The summed E-state index contributed by atoms with van der Waals surface area (Å²) in [7, 11) is 1.87. The van der Waals surface area contributed by atoms with Gasteiger partial charge in [-0.1, -0.05) is 0 Å². The number of nitrogens with one attached hydrogen (secondary N) is 2. The van der Waals surface area contributed by atoms with Gasteiger partial charge in [-0.2, -0.15) is 11.3 Å². The van der Waals surface area contributed by atoms with Crippen LogP contribution in [-0.2, 0) is 0 Å². The Hall–Kier alpha value is -1.81. The number of thiophene rings is 1. The van der Waals surface area contributed by atoms with Crippen molar-refractivity contribution >= 4 is 22.9 Å². The summed E-state index contributed by atoms with van der Waals surface area (Å²) < 4.78 is 0. The number of amides is 1. The van der Waals surface area contributed by atoms with E-state index in [1.54, 1.807) is 11.3 Å². The van der Waals surface area contributed by atoms with E-state index in [0.29, 0.717) is 0 Å². The summed E-state index contributed by atoms with van der Waals surface area (Å²) >= 11 is 1.64. The smallest absolute Gasteiger partial charge is 0.252 e. The van der Waals surface area contributed by atoms with Crippen molar-refractivity contribution in [2.24, 2.45) is 0 Å². The molecule has 3 nitrogen and oxygen atoms in total. The minimum atomic E-state index is -0.0288. The lowest BCUT2D eigenvalue weighted by Crippen LogP contribution is -2.27. The second-order valence-corrected chi connectivity index (χ2v) is 5.31. The second kappa shape index (κ2) is 5.89. The molecule has 4 heteroatoms. The molecule has 1 amide bonds. The van der Waals surface area contributed by atoms with E-state index in [4.69, 9.17) is 0 Å². The first kappa shape index (κ1) is 13.6. The first-order chi connectivity index (χ1) is 9.11. The zero-order valence-electron chi connectivity index (χ0n) is 11.4. The third-order valence-electron chi connectivity index (χ3n) is 3.15. The summed E-state index contributed by atoms with van der Waals surface area (Å²) in [4.78, 5) is 12.2. The Bertz CT molecular complexity index is 564. The first-order valence-electron chi connectivity index (χ1n) is 6.23. The van der Waals surface area contributed by atoms with Crippen LogP contribution in [-0.4, -0.2) is 13.0 Å². The number of rotatable bonds is 4. The number of hydrogen-bond donors (Lipinski definition) is 2. The number of benzene rings is 1. The molecule has 0 saturated carbocycles. The van der Waals surface area contributed by atoms with Crippen molar-refractivity contribution in [1.29, 1.82) is 0 Å². The molecule has 1 aromatic carbocycles. The lowest BCUT2D eigenvalue weighted by molar-refractivity contribution is 0.0939. The standard InChI is InChI=1S/C15H18N2OS/c1-10-8-13(16-3)4-5-14(10)15(18)17-11(2)12-6-7-19-9-12/h4-9,11,16H,1-3H3,(H,17,18). The number of carbonyl (C=O) groups is 1. The SMILES string of the molecule is CNc1ccc(C(=O)NC(C)c2ccsc2)c(C)c1. The molecule has 0 aliphatic carbocycles. The highest BCUT2D eigenvalue weighted by Crippen LogP contribution is 2.18. The molecule has 1 heterocycles. The fourth-order valence-corrected chi connectivity index (χ4v) is 2.71. The summed E-state index contributed by atoms with van der Waals surface area (Å²) in [5.74, 6) is -0.0288. The maximum Gasteiger partial charge on any atom is 0.252 e. The highest BCUT2D eigenvalue weighted by molar-refractivity contribution is 7.07. The molecule has 0 aliphatic heterocycles. The zero-order valence-corrected chi connectivity index (χ0v) is 12.2. The van der Waals surface area contributed by atoms with Crippen LogP contribution < -0.4 is 10.6 Å². The fraction of sp³-hybridized carbons (Fsp3) is 0.267. The molecule has 0 radical (unpaired) electrons. The summed E-state index contributed by atoms with van der Waals surface area (Å²) in [6.07, 6.45) is 0. The Morgan fingerprint density at radius 1 is 1.32 bits per heavy atom. The van der Waals surface area contributed by atoms with E-state index in [9.17, 15) is 4.79 Å². The Kier molecular flexibility index (Phi) is 4.22. The molecular weight excluding hydrogens is 256 g/mol. The van der Waals surface area contributed by atoms with Gasteiger partial charge in [-0.3, -0.25) is 4.79 Å². The molecule has 1 aromatic heterocycles. The van der Waals surface area contributed by atoms with Gasteiger partial charge in [0.05, 0.1) is 6.04 Å². The molecule has 2 rings (SSSR count). The number of aryl methyl sites for hydroxylation is 1. The molecule has 0 bridgehead atoms. The predicted molar refractivity (Wildman–Crippen MR) is 80.9 cm³/mol. The minimum absolute atomic E-state index is 0.0288. The summed E-state index contributed by atoms with van der Waals surface area (Å²) in [5, 5.41) is 10.2. The monoisotopic (exact) mass is 274 g/mol. The van der Waals surface area contributed by atoms with Gasteiger partial charge in [-0.15, -0.1) is 0 Å². The van der Waals surface area contributed by atoms with Crippen LogP contribution in [0.25, 0.3) is 0 Å². The van der Waals surface area contributed by atoms with Gasteiger partial charge >= 0.3 is 0 Å². The quantitative estimate of drug-likeness (QED) is 0.894. The maximum atomic E-state index is 12.2. The molecule has 100 valence electrons. The van der Waals surface area contributed by atoms with E-state index in [0.717, 1.165) is 22.4 Å². The lowest BCUT2D eigenvalue weighted by Gasteiger charge is -2.14. The molecule has 2 N–H and O–H groups in total. The number of hydrogen-bond acceptors (Lipinski definition) is 3. The van der Waals surface area contributed by atoms with E-state index in [1.807, 2.05) is 50.5 Å². The van der Waals surface area contributed by atoms with Crippen LogP contribution in [0.2, 0.25) is 0 Å². The van der Waals surface area contributed by atoms with E-state index < -0.39 is 0 Å². The second-order valence-electron chi connectivity index (χ2n) is 4.53. The van der Waals surface area contributed by atoms with Crippen molar-refractivity contribution in [1.82, 2.24) is 5.32 Å². The van der Waals surface area contributed by atoms with Gasteiger partial charge in [-0.05, 0) is 60.0 Å². The van der Waals surface area contributed by atoms with Crippen LogP contribution in [0.15, 0.2) is 35.0 Å². The van der Waals surface area contributed by atoms with Crippen LogP contribution in [0, 0.1) is 6.92 Å². The maximum absolute atomic E-state index is 12.2.